The average Bonchev–Trinajstić information content (AvgIpc) is 3.92. The fourth-order valence-corrected chi connectivity index (χ4v) is 8.77. The summed E-state index contributed by atoms with van der Waals surface area (Å²) in [7, 11) is 0. The van der Waals surface area contributed by atoms with Crippen molar-refractivity contribution in [3.05, 3.63) is 224 Å². The molecule has 0 atom stereocenters. The molecule has 0 radical (unpaired) electrons. The normalized spacial score (nSPS) is 13.7. The van der Waals surface area contributed by atoms with Gasteiger partial charge in [0, 0.05) is 79.3 Å². The number of anilines is 4. The summed E-state index contributed by atoms with van der Waals surface area (Å²) < 4.78 is 49.8. The minimum Gasteiger partial charge on any atom is -0.509 e. The van der Waals surface area contributed by atoms with Gasteiger partial charge in [0.2, 0.25) is 0 Å². The van der Waals surface area contributed by atoms with Crippen molar-refractivity contribution in [1.29, 1.82) is 0 Å². The van der Waals surface area contributed by atoms with E-state index >= 15 is 0 Å². The van der Waals surface area contributed by atoms with E-state index in [0.717, 1.165) is 72.4 Å². The fourth-order valence-electron chi connectivity index (χ4n) is 8.77. The second kappa shape index (κ2) is 17.8. The number of aryl methyl sites for hydroxylation is 1. The van der Waals surface area contributed by atoms with Crippen molar-refractivity contribution in [2.75, 3.05) is 9.80 Å². The van der Waals surface area contributed by atoms with Gasteiger partial charge < -0.3 is 19.1 Å². The van der Waals surface area contributed by atoms with Crippen LogP contribution >= 0.6 is 0 Å². The van der Waals surface area contributed by atoms with Gasteiger partial charge in [0.15, 0.2) is 0 Å². The van der Waals surface area contributed by atoms with Crippen molar-refractivity contribution in [2.24, 2.45) is 5.92 Å². The minimum absolute atomic E-state index is 0. The van der Waals surface area contributed by atoms with E-state index in [4.69, 9.17) is 11.6 Å². The molecule has 8 aromatic carbocycles. The zero-order valence-corrected chi connectivity index (χ0v) is 37.9. The summed E-state index contributed by atoms with van der Waals surface area (Å²) in [5.41, 5.74) is 12.6. The topological polar surface area (TPSA) is 33.5 Å². The molecular formula is C59H45N4OPt-3. The number of nitrogens with zero attached hydrogens (tertiary/aromatic N) is 4. The standard InChI is InChI=1S/C59H45N4O.Pt/c1-40(2)35-42-23-25-43(26-24-42)44-27-29-46(30-28-44)51-19-12-18-50(45-13-5-4-6-14-45)59(51)62-39-61(55-21-9-10-22-56(55)62)47-15-11-16-48(37-47)64-49-31-32-53-52-17-7-8-20-54(52)63(57(53)38-49)58-36-41(3)33-34-60-58;/h4-34,36,39-40H,35H2,1-3H3;/q-3;/i3D3,35D2;. The predicted molar refractivity (Wildman–Crippen MR) is 264 cm³/mol. The van der Waals surface area contributed by atoms with Gasteiger partial charge in [-0.3, -0.25) is 0 Å². The van der Waals surface area contributed by atoms with E-state index in [0.29, 0.717) is 28.4 Å². The zero-order valence-electron chi connectivity index (χ0n) is 40.6. The Hall–Kier alpha value is -7.20. The van der Waals surface area contributed by atoms with Gasteiger partial charge in [-0.15, -0.1) is 48.1 Å². The quantitative estimate of drug-likeness (QED) is 0.128. The SMILES string of the molecule is [2H]C([2H])([2H])c1ccnc(-n2c3[c-]c(Oc4[c-]c(N5[CH-]N(c6c(-c7ccccc7)cccc6-c6ccc(-c7ccc(C([2H])([2H])C(C)C)cc7)cc6)c6ccccc65)ccc4)ccc3c3ccccc32)c1.[Pt]. The number of hydrogen-bond acceptors (Lipinski definition) is 4. The molecule has 0 bridgehead atoms. The summed E-state index contributed by atoms with van der Waals surface area (Å²) in [5.74, 6) is 1.31. The Morgan fingerprint density at radius 1 is 0.615 bits per heavy atom. The third kappa shape index (κ3) is 8.02. The minimum atomic E-state index is -2.29. The van der Waals surface area contributed by atoms with Crippen LogP contribution in [0.25, 0.3) is 61.0 Å². The van der Waals surface area contributed by atoms with Crippen LogP contribution in [-0.2, 0) is 27.4 Å². The largest absolute Gasteiger partial charge is 0.509 e. The summed E-state index contributed by atoms with van der Waals surface area (Å²) in [6, 6.07) is 69.6. The second-order valence-corrected chi connectivity index (χ2v) is 16.2. The van der Waals surface area contributed by atoms with E-state index in [9.17, 15) is 0 Å². The Kier molecular flexibility index (Phi) is 9.88. The predicted octanol–water partition coefficient (Wildman–Crippen LogP) is 15.5. The van der Waals surface area contributed by atoms with Crippen LogP contribution in [0.3, 0.4) is 0 Å². The van der Waals surface area contributed by atoms with E-state index in [1.54, 1.807) is 6.07 Å². The number of hydrogen-bond donors (Lipinski definition) is 0. The van der Waals surface area contributed by atoms with Crippen molar-refractivity contribution >= 4 is 44.6 Å². The summed E-state index contributed by atoms with van der Waals surface area (Å²) in [4.78, 5) is 9.01. The third-order valence-electron chi connectivity index (χ3n) is 11.6. The summed E-state index contributed by atoms with van der Waals surface area (Å²) in [5, 5.41) is 1.92. The van der Waals surface area contributed by atoms with Crippen LogP contribution in [0, 0.1) is 31.6 Å². The van der Waals surface area contributed by atoms with Gasteiger partial charge in [0.05, 0.1) is 0 Å². The van der Waals surface area contributed by atoms with Crippen molar-refractivity contribution in [3.63, 3.8) is 0 Å². The van der Waals surface area contributed by atoms with Crippen molar-refractivity contribution in [2.45, 2.75) is 27.1 Å². The number of aromatic nitrogens is 2. The third-order valence-corrected chi connectivity index (χ3v) is 11.6. The van der Waals surface area contributed by atoms with Crippen LogP contribution < -0.4 is 14.5 Å². The summed E-state index contributed by atoms with van der Waals surface area (Å²) in [6.07, 6.45) is 0.127. The Morgan fingerprint density at radius 2 is 1.26 bits per heavy atom. The molecule has 0 N–H and O–H groups in total. The molecule has 2 aromatic heterocycles. The van der Waals surface area contributed by atoms with Gasteiger partial charge in [-0.1, -0.05) is 147 Å². The molecule has 0 unspecified atom stereocenters. The molecule has 0 saturated carbocycles. The monoisotopic (exact) mass is 1030 g/mol. The molecule has 1 aliphatic heterocycles. The van der Waals surface area contributed by atoms with Crippen molar-refractivity contribution in [1.82, 2.24) is 9.55 Å². The van der Waals surface area contributed by atoms with Crippen LogP contribution in [-0.4, -0.2) is 9.55 Å². The Bertz CT molecular complexity index is 3520. The molecule has 0 saturated heterocycles. The molecule has 1 aliphatic rings. The fraction of sp³-hybridized carbons (Fsp3) is 0.0847. The second-order valence-electron chi connectivity index (χ2n) is 16.2. The van der Waals surface area contributed by atoms with Crippen molar-refractivity contribution in [3.8, 4) is 50.7 Å². The Morgan fingerprint density at radius 3 is 2.02 bits per heavy atom. The van der Waals surface area contributed by atoms with Gasteiger partial charge >= 0.3 is 0 Å². The molecule has 320 valence electrons. The van der Waals surface area contributed by atoms with E-state index < -0.39 is 13.2 Å². The molecule has 0 aliphatic carbocycles. The summed E-state index contributed by atoms with van der Waals surface area (Å²) in [6.45, 7) is 3.65. The molecule has 6 heteroatoms. The molecule has 65 heavy (non-hydrogen) atoms. The smallest absolute Gasteiger partial charge is 0.135 e. The first-order valence-electron chi connectivity index (χ1n) is 24.0. The van der Waals surface area contributed by atoms with Gasteiger partial charge in [0.25, 0.3) is 0 Å². The number of benzene rings is 8. The van der Waals surface area contributed by atoms with Gasteiger partial charge in [-0.25, -0.2) is 4.98 Å². The summed E-state index contributed by atoms with van der Waals surface area (Å²) >= 11 is 0. The average molecular weight is 1030 g/mol. The number of pyridine rings is 1. The molecule has 5 nitrogen and oxygen atoms in total. The first kappa shape index (κ1) is 36.2. The van der Waals surface area contributed by atoms with Gasteiger partial charge in [-0.05, 0) is 88.2 Å². The van der Waals surface area contributed by atoms with Crippen LogP contribution in [0.5, 0.6) is 11.5 Å². The van der Waals surface area contributed by atoms with Crippen LogP contribution in [0.4, 0.5) is 22.7 Å². The number of fused-ring (bicyclic) bond motifs is 4. The first-order valence-corrected chi connectivity index (χ1v) is 21.5. The molecular weight excluding hydrogens is 976 g/mol. The van der Waals surface area contributed by atoms with Crippen molar-refractivity contribution < 1.29 is 32.7 Å². The van der Waals surface area contributed by atoms with Crippen LogP contribution in [0.15, 0.2) is 194 Å². The molecule has 11 rings (SSSR count). The molecule has 3 heterocycles. The van der Waals surface area contributed by atoms with E-state index in [-0.39, 0.29) is 32.5 Å². The molecule has 0 fully saturated rings. The molecule has 0 spiro atoms. The van der Waals surface area contributed by atoms with Crippen LogP contribution in [0.2, 0.25) is 0 Å². The Balaban J connectivity index is 0.00000567. The maximum absolute atomic E-state index is 8.57. The number of para-hydroxylation sites is 4. The maximum Gasteiger partial charge on any atom is 0.135 e. The van der Waals surface area contributed by atoms with E-state index in [2.05, 4.69) is 119 Å². The van der Waals surface area contributed by atoms with Gasteiger partial charge in [0.1, 0.15) is 5.82 Å². The van der Waals surface area contributed by atoms with E-state index in [1.807, 2.05) is 109 Å². The van der Waals surface area contributed by atoms with Crippen LogP contribution in [0.1, 0.15) is 31.8 Å². The molecule has 0 amide bonds. The number of ether oxygens (including phenoxy) is 1. The number of rotatable bonds is 10. The van der Waals surface area contributed by atoms with Gasteiger partial charge in [-0.2, -0.15) is 12.1 Å². The maximum atomic E-state index is 8.57. The molecule has 10 aromatic rings. The van der Waals surface area contributed by atoms with E-state index in [1.165, 1.54) is 12.3 Å². The Labute approximate surface area is 402 Å². The zero-order chi connectivity index (χ0) is 47.4. The first-order chi connectivity index (χ1) is 33.4.